The van der Waals surface area contributed by atoms with Crippen molar-refractivity contribution in [3.8, 4) is 0 Å². The number of rotatable bonds is 1. The Morgan fingerprint density at radius 2 is 2.00 bits per heavy atom. The topological polar surface area (TPSA) is 29.5 Å². The van der Waals surface area contributed by atoms with E-state index in [9.17, 15) is 18.0 Å². The first-order valence-corrected chi connectivity index (χ1v) is 5.45. The Balaban J connectivity index is 2.30. The lowest BCUT2D eigenvalue weighted by Gasteiger charge is -2.27. The molecule has 1 heterocycles. The van der Waals surface area contributed by atoms with Crippen molar-refractivity contribution in [2.75, 3.05) is 26.3 Å². The number of benzene rings is 1. The molecular weight excluding hydrogens is 247 g/mol. The predicted molar refractivity (Wildman–Crippen MR) is 57.0 cm³/mol. The molecule has 0 unspecified atom stereocenters. The van der Waals surface area contributed by atoms with E-state index in [1.165, 1.54) is 17.0 Å². The molecule has 0 N–H and O–H groups in total. The van der Waals surface area contributed by atoms with Crippen LogP contribution in [0.5, 0.6) is 0 Å². The Morgan fingerprint density at radius 1 is 1.33 bits per heavy atom. The van der Waals surface area contributed by atoms with Crippen LogP contribution in [0.15, 0.2) is 18.2 Å². The minimum absolute atomic E-state index is 0.311. The largest absolute Gasteiger partial charge is 0.417 e. The van der Waals surface area contributed by atoms with Gasteiger partial charge in [-0.15, -0.1) is 0 Å². The molecule has 1 aliphatic rings. The molecular formula is C12H11F3NO2. The van der Waals surface area contributed by atoms with Gasteiger partial charge in [-0.2, -0.15) is 13.2 Å². The highest BCUT2D eigenvalue weighted by Gasteiger charge is 2.36. The third-order valence-corrected chi connectivity index (χ3v) is 2.67. The summed E-state index contributed by atoms with van der Waals surface area (Å²) in [6.45, 7) is 1.32. The van der Waals surface area contributed by atoms with Crippen molar-refractivity contribution in [3.63, 3.8) is 0 Å². The molecule has 97 valence electrons. The van der Waals surface area contributed by atoms with Gasteiger partial charge in [0, 0.05) is 13.1 Å². The standard InChI is InChI=1S/C12H11F3NO2/c13-12(14,15)10-4-2-1-3-9(10)11(17)16-5-7-18-8-6-16/h1-3H,5-8H2. The van der Waals surface area contributed by atoms with Crippen molar-refractivity contribution in [1.82, 2.24) is 4.90 Å². The van der Waals surface area contributed by atoms with Gasteiger partial charge in [-0.3, -0.25) is 4.79 Å². The third kappa shape index (κ3) is 2.64. The highest BCUT2D eigenvalue weighted by atomic mass is 19.4. The molecule has 1 aromatic carbocycles. The predicted octanol–water partition coefficient (Wildman–Crippen LogP) is 1.98. The summed E-state index contributed by atoms with van der Waals surface area (Å²) in [5.74, 6) is -0.623. The van der Waals surface area contributed by atoms with Crippen molar-refractivity contribution in [2.45, 2.75) is 6.18 Å². The summed E-state index contributed by atoms with van der Waals surface area (Å²) < 4.78 is 43.3. The van der Waals surface area contributed by atoms with E-state index in [1.807, 2.05) is 0 Å². The molecule has 3 nitrogen and oxygen atoms in total. The number of carbonyl (C=O) groups is 1. The molecule has 1 aliphatic heterocycles. The number of halogens is 3. The van der Waals surface area contributed by atoms with Gasteiger partial charge in [0.2, 0.25) is 0 Å². The van der Waals surface area contributed by atoms with Crippen LogP contribution >= 0.6 is 0 Å². The minimum Gasteiger partial charge on any atom is -0.378 e. The van der Waals surface area contributed by atoms with Crippen molar-refractivity contribution in [3.05, 3.63) is 35.4 Å². The van der Waals surface area contributed by atoms with Crippen LogP contribution in [0.25, 0.3) is 0 Å². The van der Waals surface area contributed by atoms with Gasteiger partial charge in [-0.1, -0.05) is 12.1 Å². The number of alkyl halides is 3. The number of amides is 1. The van der Waals surface area contributed by atoms with E-state index in [2.05, 4.69) is 6.07 Å². The molecule has 1 fully saturated rings. The quantitative estimate of drug-likeness (QED) is 0.770. The van der Waals surface area contributed by atoms with Gasteiger partial charge in [0.1, 0.15) is 0 Å². The molecule has 1 radical (unpaired) electrons. The fraction of sp³-hybridized carbons (Fsp3) is 0.417. The van der Waals surface area contributed by atoms with Crippen LogP contribution in [0.1, 0.15) is 15.9 Å². The lowest BCUT2D eigenvalue weighted by atomic mass is 10.1. The smallest absolute Gasteiger partial charge is 0.378 e. The summed E-state index contributed by atoms with van der Waals surface area (Å²) in [5, 5.41) is 0. The van der Waals surface area contributed by atoms with Gasteiger partial charge < -0.3 is 9.64 Å². The van der Waals surface area contributed by atoms with Gasteiger partial charge in [-0.05, 0) is 12.1 Å². The Hall–Kier alpha value is -1.56. The summed E-state index contributed by atoms with van der Waals surface area (Å²) in [6.07, 6.45) is -4.57. The second-order valence-corrected chi connectivity index (χ2v) is 3.86. The van der Waals surface area contributed by atoms with Crippen molar-refractivity contribution >= 4 is 5.91 Å². The summed E-state index contributed by atoms with van der Waals surface area (Å²) in [6, 6.07) is 5.80. The van der Waals surface area contributed by atoms with Crippen LogP contribution in [0.2, 0.25) is 0 Å². The Bertz CT molecular complexity index is 439. The molecule has 1 aromatic rings. The average Bonchev–Trinajstić information content (AvgIpc) is 2.38. The second-order valence-electron chi connectivity index (χ2n) is 3.86. The number of ether oxygens (including phenoxy) is 1. The van der Waals surface area contributed by atoms with E-state index in [0.29, 0.717) is 26.3 Å². The van der Waals surface area contributed by atoms with Crippen LogP contribution in [0, 0.1) is 6.07 Å². The second kappa shape index (κ2) is 4.97. The van der Waals surface area contributed by atoms with E-state index in [1.54, 1.807) is 0 Å². The zero-order chi connectivity index (χ0) is 13.2. The molecule has 0 bridgehead atoms. The fourth-order valence-corrected chi connectivity index (χ4v) is 1.79. The van der Waals surface area contributed by atoms with Crippen LogP contribution in [0.3, 0.4) is 0 Å². The Labute approximate surface area is 102 Å². The first-order valence-electron chi connectivity index (χ1n) is 5.45. The number of hydrogen-bond donors (Lipinski definition) is 0. The lowest BCUT2D eigenvalue weighted by molar-refractivity contribution is -0.138. The summed E-state index contributed by atoms with van der Waals surface area (Å²) in [7, 11) is 0. The zero-order valence-corrected chi connectivity index (χ0v) is 9.46. The van der Waals surface area contributed by atoms with Gasteiger partial charge in [-0.25, -0.2) is 0 Å². The SMILES string of the molecule is O=C(c1ccc[c]c1C(F)(F)F)N1CCOCC1. The lowest BCUT2D eigenvalue weighted by Crippen LogP contribution is -2.41. The molecule has 0 aromatic heterocycles. The maximum Gasteiger partial charge on any atom is 0.417 e. The maximum atomic E-state index is 12.7. The number of hydrogen-bond acceptors (Lipinski definition) is 2. The first kappa shape index (κ1) is 12.9. The van der Waals surface area contributed by atoms with Crippen molar-refractivity contribution < 1.29 is 22.7 Å². The molecule has 6 heteroatoms. The number of carbonyl (C=O) groups excluding carboxylic acids is 1. The highest BCUT2D eigenvalue weighted by molar-refractivity contribution is 5.95. The molecule has 0 spiro atoms. The maximum absolute atomic E-state index is 12.7. The normalized spacial score (nSPS) is 16.7. The van der Waals surface area contributed by atoms with E-state index in [0.717, 1.165) is 6.07 Å². The Morgan fingerprint density at radius 3 is 2.61 bits per heavy atom. The molecule has 1 saturated heterocycles. The van der Waals surface area contributed by atoms with Gasteiger partial charge >= 0.3 is 6.18 Å². The van der Waals surface area contributed by atoms with Crippen molar-refractivity contribution in [1.29, 1.82) is 0 Å². The Kier molecular flexibility index (Phi) is 3.56. The van der Waals surface area contributed by atoms with E-state index >= 15 is 0 Å². The van der Waals surface area contributed by atoms with E-state index < -0.39 is 17.6 Å². The summed E-state index contributed by atoms with van der Waals surface area (Å²) >= 11 is 0. The van der Waals surface area contributed by atoms with Gasteiger partial charge in [0.05, 0.1) is 24.3 Å². The fourth-order valence-electron chi connectivity index (χ4n) is 1.79. The van der Waals surface area contributed by atoms with Gasteiger partial charge in [0.25, 0.3) is 5.91 Å². The van der Waals surface area contributed by atoms with Crippen LogP contribution in [-0.4, -0.2) is 37.1 Å². The highest BCUT2D eigenvalue weighted by Crippen LogP contribution is 2.32. The number of morpholine rings is 1. The average molecular weight is 258 g/mol. The van der Waals surface area contributed by atoms with Crippen LogP contribution in [-0.2, 0) is 10.9 Å². The van der Waals surface area contributed by atoms with E-state index in [-0.39, 0.29) is 5.56 Å². The summed E-state index contributed by atoms with van der Waals surface area (Å²) in [5.41, 5.74) is -1.37. The third-order valence-electron chi connectivity index (χ3n) is 2.67. The minimum atomic E-state index is -4.57. The molecule has 0 aliphatic carbocycles. The summed E-state index contributed by atoms with van der Waals surface area (Å²) in [4.78, 5) is 13.4. The monoisotopic (exact) mass is 258 g/mol. The van der Waals surface area contributed by atoms with E-state index in [4.69, 9.17) is 4.74 Å². The molecule has 2 rings (SSSR count). The molecule has 18 heavy (non-hydrogen) atoms. The van der Waals surface area contributed by atoms with Gasteiger partial charge in [0.15, 0.2) is 0 Å². The van der Waals surface area contributed by atoms with Crippen LogP contribution < -0.4 is 0 Å². The van der Waals surface area contributed by atoms with Crippen LogP contribution in [0.4, 0.5) is 13.2 Å². The molecule has 0 atom stereocenters. The molecule has 1 amide bonds. The first-order chi connectivity index (χ1) is 8.50. The number of nitrogens with zero attached hydrogens (tertiary/aromatic N) is 1. The zero-order valence-electron chi connectivity index (χ0n) is 9.46. The molecule has 0 saturated carbocycles. The van der Waals surface area contributed by atoms with Crippen molar-refractivity contribution in [2.24, 2.45) is 0 Å².